The number of rotatable bonds is 7. The molecule has 2 aromatic rings. The second-order valence-corrected chi connectivity index (χ2v) is 7.86. The molecule has 0 saturated carbocycles. The Morgan fingerprint density at radius 2 is 1.90 bits per heavy atom. The van der Waals surface area contributed by atoms with Crippen LogP contribution < -0.4 is 16.0 Å². The first-order valence-corrected chi connectivity index (χ1v) is 10.9. The zero-order valence-electron chi connectivity index (χ0n) is 18.6. The molecule has 3 N–H and O–H groups in total. The summed E-state index contributed by atoms with van der Waals surface area (Å²) in [6, 6.07) is 9.41. The van der Waals surface area contributed by atoms with Gasteiger partial charge in [-0.1, -0.05) is 25.5 Å². The van der Waals surface area contributed by atoms with Crippen LogP contribution in [0.4, 0.5) is 15.4 Å². The van der Waals surface area contributed by atoms with E-state index in [4.69, 9.17) is 5.10 Å². The molecular formula is C22H33N7O2. The van der Waals surface area contributed by atoms with E-state index in [2.05, 4.69) is 34.8 Å². The second kappa shape index (κ2) is 10.8. The molecule has 9 nitrogen and oxygen atoms in total. The number of nitrogens with one attached hydrogen (secondary N) is 3. The van der Waals surface area contributed by atoms with E-state index in [1.807, 2.05) is 35.2 Å². The number of carbonyl (C=O) groups excluding carboxylic acids is 2. The lowest BCUT2D eigenvalue weighted by molar-refractivity contribution is 0.154. The van der Waals surface area contributed by atoms with Crippen molar-refractivity contribution in [2.45, 2.75) is 32.7 Å². The number of hydrogen-bond donors (Lipinski definition) is 3. The van der Waals surface area contributed by atoms with Crippen molar-refractivity contribution in [2.75, 3.05) is 45.6 Å². The number of hydrogen-bond acceptors (Lipinski definition) is 4. The number of urea groups is 2. The van der Waals surface area contributed by atoms with Crippen molar-refractivity contribution in [3.8, 4) is 5.69 Å². The van der Waals surface area contributed by atoms with Gasteiger partial charge in [0.1, 0.15) is 5.82 Å². The van der Waals surface area contributed by atoms with Crippen LogP contribution in [0.1, 0.15) is 31.0 Å². The van der Waals surface area contributed by atoms with Crippen molar-refractivity contribution in [3.05, 3.63) is 41.6 Å². The standard InChI is InChI=1S/C22H33N7O2/c1-4-5-8-18-15-20(25-21(30)23-2)29(26-18)19-9-6-7-17(14-19)16-24-22(31)28-12-10-27(3)11-13-28/h6-7,9,14-15H,4-5,8,10-13,16H2,1-3H3,(H,24,31)(H2,23,25,30). The minimum absolute atomic E-state index is 0.0404. The predicted octanol–water partition coefficient (Wildman–Crippen LogP) is 2.42. The first kappa shape index (κ1) is 22.6. The van der Waals surface area contributed by atoms with Crippen molar-refractivity contribution < 1.29 is 9.59 Å². The van der Waals surface area contributed by atoms with Crippen LogP contribution in [0.3, 0.4) is 0 Å². The highest BCUT2D eigenvalue weighted by molar-refractivity contribution is 5.88. The molecule has 1 aliphatic rings. The van der Waals surface area contributed by atoms with Gasteiger partial charge in [0.2, 0.25) is 0 Å². The normalized spacial score (nSPS) is 14.4. The van der Waals surface area contributed by atoms with Gasteiger partial charge in [0.05, 0.1) is 11.4 Å². The van der Waals surface area contributed by atoms with Crippen molar-refractivity contribution in [2.24, 2.45) is 0 Å². The minimum Gasteiger partial charge on any atom is -0.341 e. The Labute approximate surface area is 183 Å². The second-order valence-electron chi connectivity index (χ2n) is 7.86. The molecule has 168 valence electrons. The van der Waals surface area contributed by atoms with Crippen molar-refractivity contribution in [1.29, 1.82) is 0 Å². The number of amides is 4. The molecule has 1 aromatic carbocycles. The molecule has 1 fully saturated rings. The van der Waals surface area contributed by atoms with Crippen LogP contribution in [0.2, 0.25) is 0 Å². The zero-order chi connectivity index (χ0) is 22.2. The number of piperazine rings is 1. The van der Waals surface area contributed by atoms with Gasteiger partial charge in [-0.25, -0.2) is 14.3 Å². The van der Waals surface area contributed by atoms with Crippen molar-refractivity contribution in [1.82, 2.24) is 30.2 Å². The molecule has 0 spiro atoms. The number of nitrogens with zero attached hydrogens (tertiary/aromatic N) is 4. The summed E-state index contributed by atoms with van der Waals surface area (Å²) >= 11 is 0. The maximum absolute atomic E-state index is 12.5. The summed E-state index contributed by atoms with van der Waals surface area (Å²) in [4.78, 5) is 28.4. The minimum atomic E-state index is -0.293. The molecule has 31 heavy (non-hydrogen) atoms. The van der Waals surface area contributed by atoms with Gasteiger partial charge in [0.15, 0.2) is 0 Å². The first-order valence-electron chi connectivity index (χ1n) is 10.9. The number of unbranched alkanes of at least 4 members (excludes halogenated alkanes) is 1. The molecule has 1 saturated heterocycles. The van der Waals surface area contributed by atoms with Gasteiger partial charge in [0.25, 0.3) is 0 Å². The third-order valence-corrected chi connectivity index (χ3v) is 5.40. The molecule has 0 aliphatic carbocycles. The maximum atomic E-state index is 12.5. The summed E-state index contributed by atoms with van der Waals surface area (Å²) < 4.78 is 1.74. The van der Waals surface area contributed by atoms with Crippen molar-refractivity contribution >= 4 is 17.9 Å². The summed E-state index contributed by atoms with van der Waals surface area (Å²) in [7, 11) is 3.65. The van der Waals surface area contributed by atoms with Gasteiger partial charge < -0.3 is 20.4 Å². The van der Waals surface area contributed by atoms with E-state index < -0.39 is 0 Å². The molecule has 0 atom stereocenters. The van der Waals surface area contributed by atoms with Gasteiger partial charge in [-0.15, -0.1) is 0 Å². The Kier molecular flexibility index (Phi) is 7.88. The van der Waals surface area contributed by atoms with Gasteiger partial charge in [-0.3, -0.25) is 5.32 Å². The fourth-order valence-corrected chi connectivity index (χ4v) is 3.47. The quantitative estimate of drug-likeness (QED) is 0.633. The number of aromatic nitrogens is 2. The molecule has 3 rings (SSSR count). The highest BCUT2D eigenvalue weighted by atomic mass is 16.2. The number of carbonyl (C=O) groups is 2. The molecule has 4 amide bonds. The molecule has 9 heteroatoms. The van der Waals surface area contributed by atoms with Crippen LogP contribution in [0, 0.1) is 0 Å². The van der Waals surface area contributed by atoms with E-state index in [-0.39, 0.29) is 12.1 Å². The lowest BCUT2D eigenvalue weighted by Crippen LogP contribution is -2.50. The number of benzene rings is 1. The Bertz CT molecular complexity index is 888. The monoisotopic (exact) mass is 427 g/mol. The van der Waals surface area contributed by atoms with Crippen LogP contribution in [-0.2, 0) is 13.0 Å². The topological polar surface area (TPSA) is 94.5 Å². The van der Waals surface area contributed by atoms with Gasteiger partial charge >= 0.3 is 12.1 Å². The molecule has 0 bridgehead atoms. The third-order valence-electron chi connectivity index (χ3n) is 5.40. The maximum Gasteiger partial charge on any atom is 0.320 e. The fourth-order valence-electron chi connectivity index (χ4n) is 3.47. The van der Waals surface area contributed by atoms with Crippen LogP contribution >= 0.6 is 0 Å². The molecule has 1 aliphatic heterocycles. The van der Waals surface area contributed by atoms with Gasteiger partial charge in [-0.05, 0) is 37.6 Å². The Morgan fingerprint density at radius 3 is 2.61 bits per heavy atom. The number of aryl methyl sites for hydroxylation is 1. The summed E-state index contributed by atoms with van der Waals surface area (Å²) in [6.45, 7) is 5.84. The SMILES string of the molecule is CCCCc1cc(NC(=O)NC)n(-c2cccc(CNC(=O)N3CCN(C)CC3)c2)n1. The highest BCUT2D eigenvalue weighted by Crippen LogP contribution is 2.20. The smallest absolute Gasteiger partial charge is 0.320 e. The van der Waals surface area contributed by atoms with Gasteiger partial charge in [-0.2, -0.15) is 5.10 Å². The van der Waals surface area contributed by atoms with E-state index >= 15 is 0 Å². The predicted molar refractivity (Wildman–Crippen MR) is 122 cm³/mol. The Balaban J connectivity index is 1.71. The van der Waals surface area contributed by atoms with E-state index in [0.717, 1.165) is 62.4 Å². The lowest BCUT2D eigenvalue weighted by atomic mass is 10.2. The first-order chi connectivity index (χ1) is 15.0. The fraction of sp³-hybridized carbons (Fsp3) is 0.500. The van der Waals surface area contributed by atoms with E-state index in [1.54, 1.807) is 11.7 Å². The molecule has 2 heterocycles. The summed E-state index contributed by atoms with van der Waals surface area (Å²) in [5.74, 6) is 0.615. The van der Waals surface area contributed by atoms with E-state index in [9.17, 15) is 9.59 Å². The third kappa shape index (κ3) is 6.21. The highest BCUT2D eigenvalue weighted by Gasteiger charge is 2.18. The summed E-state index contributed by atoms with van der Waals surface area (Å²) in [5, 5.41) is 13.1. The average Bonchev–Trinajstić information content (AvgIpc) is 3.19. The largest absolute Gasteiger partial charge is 0.341 e. The average molecular weight is 428 g/mol. The number of likely N-dealkylation sites (N-methyl/N-ethyl adjacent to an activating group) is 1. The van der Waals surface area contributed by atoms with Crippen LogP contribution in [0.25, 0.3) is 5.69 Å². The van der Waals surface area contributed by atoms with Gasteiger partial charge in [0, 0.05) is 45.8 Å². The molecule has 0 radical (unpaired) electrons. The summed E-state index contributed by atoms with van der Waals surface area (Å²) in [5.41, 5.74) is 2.74. The van der Waals surface area contributed by atoms with Crippen LogP contribution in [-0.4, -0.2) is 71.9 Å². The Morgan fingerprint density at radius 1 is 1.13 bits per heavy atom. The Hall–Kier alpha value is -3.07. The van der Waals surface area contributed by atoms with E-state index in [1.165, 1.54) is 0 Å². The van der Waals surface area contributed by atoms with Crippen molar-refractivity contribution in [3.63, 3.8) is 0 Å². The zero-order valence-corrected chi connectivity index (χ0v) is 18.6. The molecular weight excluding hydrogens is 394 g/mol. The van der Waals surface area contributed by atoms with E-state index in [0.29, 0.717) is 12.4 Å². The number of anilines is 1. The van der Waals surface area contributed by atoms with Crippen LogP contribution in [0.15, 0.2) is 30.3 Å². The molecule has 1 aromatic heterocycles. The lowest BCUT2D eigenvalue weighted by Gasteiger charge is -2.32. The molecule has 0 unspecified atom stereocenters. The van der Waals surface area contributed by atoms with Crippen LogP contribution in [0.5, 0.6) is 0 Å². The summed E-state index contributed by atoms with van der Waals surface area (Å²) in [6.07, 6.45) is 2.97.